The normalized spacial score (nSPS) is 15.2. The minimum Gasteiger partial charge on any atom is -0.384 e. The van der Waals surface area contributed by atoms with Gasteiger partial charge >= 0.3 is 0 Å². The fourth-order valence-electron chi connectivity index (χ4n) is 1.80. The van der Waals surface area contributed by atoms with Crippen molar-refractivity contribution in [2.75, 3.05) is 20.3 Å². The van der Waals surface area contributed by atoms with E-state index in [9.17, 15) is 8.42 Å². The zero-order chi connectivity index (χ0) is 14.5. The number of methoxy groups -OCH3 is 1. The molecule has 3 N–H and O–H groups in total. The molecule has 19 heavy (non-hydrogen) atoms. The van der Waals surface area contributed by atoms with Gasteiger partial charge in [0.05, 0.1) is 4.90 Å². The summed E-state index contributed by atoms with van der Waals surface area (Å²) < 4.78 is 27.7. The van der Waals surface area contributed by atoms with Gasteiger partial charge in [-0.15, -0.1) is 0 Å². The fourth-order valence-corrected chi connectivity index (χ4v) is 2.37. The van der Waals surface area contributed by atoms with Crippen molar-refractivity contribution in [1.29, 1.82) is 0 Å². The zero-order valence-electron chi connectivity index (χ0n) is 11.6. The summed E-state index contributed by atoms with van der Waals surface area (Å²) in [6, 6.07) is 6.74. The molecule has 0 aliphatic carbocycles. The Kier molecular flexibility index (Phi) is 5.93. The summed E-state index contributed by atoms with van der Waals surface area (Å²) in [5, 5.41) is 8.47. The molecule has 0 aromatic heterocycles. The standard InChI is InChI=1S/C13H22N2O3S/c1-10(9-18-3)8-15-11(2)12-5-4-6-13(7-12)19(14,16)17/h4-7,10-11,15H,8-9H2,1-3H3,(H2,14,16,17). The molecule has 0 amide bonds. The molecule has 2 unspecified atom stereocenters. The number of benzene rings is 1. The van der Waals surface area contributed by atoms with Gasteiger partial charge in [0, 0.05) is 26.3 Å². The number of primary sulfonamides is 1. The maximum Gasteiger partial charge on any atom is 0.238 e. The SMILES string of the molecule is COCC(C)CNC(C)c1cccc(S(N)(=O)=O)c1. The molecule has 108 valence electrons. The first-order valence-electron chi connectivity index (χ1n) is 6.19. The van der Waals surface area contributed by atoms with Crippen LogP contribution >= 0.6 is 0 Å². The van der Waals surface area contributed by atoms with Crippen LogP contribution in [0.4, 0.5) is 0 Å². The topological polar surface area (TPSA) is 81.4 Å². The summed E-state index contributed by atoms with van der Waals surface area (Å²) in [5.41, 5.74) is 0.899. The van der Waals surface area contributed by atoms with E-state index in [0.717, 1.165) is 12.1 Å². The first-order chi connectivity index (χ1) is 8.84. The summed E-state index contributed by atoms with van der Waals surface area (Å²) in [4.78, 5) is 0.142. The summed E-state index contributed by atoms with van der Waals surface area (Å²) >= 11 is 0. The first kappa shape index (κ1) is 16.1. The molecule has 2 atom stereocenters. The third-order valence-corrected chi connectivity index (χ3v) is 3.82. The Morgan fingerprint density at radius 2 is 2.05 bits per heavy atom. The molecule has 0 aliphatic rings. The highest BCUT2D eigenvalue weighted by molar-refractivity contribution is 7.89. The maximum atomic E-state index is 11.3. The van der Waals surface area contributed by atoms with Gasteiger partial charge in [0.1, 0.15) is 0 Å². The summed E-state index contributed by atoms with van der Waals surface area (Å²) in [6.45, 7) is 5.57. The number of hydrogen-bond acceptors (Lipinski definition) is 4. The van der Waals surface area contributed by atoms with Gasteiger partial charge in [-0.2, -0.15) is 0 Å². The van der Waals surface area contributed by atoms with Crippen LogP contribution in [0, 0.1) is 5.92 Å². The van der Waals surface area contributed by atoms with Crippen molar-refractivity contribution in [3.8, 4) is 0 Å². The van der Waals surface area contributed by atoms with E-state index in [1.54, 1.807) is 19.2 Å². The smallest absolute Gasteiger partial charge is 0.238 e. The molecule has 1 aromatic carbocycles. The predicted octanol–water partition coefficient (Wildman–Crippen LogP) is 1.27. The Labute approximate surface area is 115 Å². The Morgan fingerprint density at radius 3 is 2.63 bits per heavy atom. The van der Waals surface area contributed by atoms with E-state index in [-0.39, 0.29) is 10.9 Å². The summed E-state index contributed by atoms with van der Waals surface area (Å²) in [6.07, 6.45) is 0. The van der Waals surface area contributed by atoms with Gasteiger partial charge in [-0.05, 0) is 30.5 Å². The maximum absolute atomic E-state index is 11.3. The highest BCUT2D eigenvalue weighted by atomic mass is 32.2. The van der Waals surface area contributed by atoms with Crippen molar-refractivity contribution in [3.05, 3.63) is 29.8 Å². The number of ether oxygens (including phenoxy) is 1. The average molecular weight is 286 g/mol. The lowest BCUT2D eigenvalue weighted by molar-refractivity contribution is 0.157. The van der Waals surface area contributed by atoms with E-state index in [0.29, 0.717) is 12.5 Å². The van der Waals surface area contributed by atoms with Gasteiger partial charge in [-0.3, -0.25) is 0 Å². The number of nitrogens with two attached hydrogens (primary N) is 1. The monoisotopic (exact) mass is 286 g/mol. The second kappa shape index (κ2) is 7.00. The van der Waals surface area contributed by atoms with Gasteiger partial charge in [-0.25, -0.2) is 13.6 Å². The second-order valence-corrected chi connectivity index (χ2v) is 6.37. The molecular formula is C13H22N2O3S. The Morgan fingerprint density at radius 1 is 1.37 bits per heavy atom. The van der Waals surface area contributed by atoms with Gasteiger partial charge in [0.25, 0.3) is 0 Å². The van der Waals surface area contributed by atoms with Crippen LogP contribution in [-0.4, -0.2) is 28.7 Å². The van der Waals surface area contributed by atoms with Crippen LogP contribution in [0.3, 0.4) is 0 Å². The van der Waals surface area contributed by atoms with Crippen LogP contribution < -0.4 is 10.5 Å². The van der Waals surface area contributed by atoms with Crippen LogP contribution in [0.5, 0.6) is 0 Å². The first-order valence-corrected chi connectivity index (χ1v) is 7.74. The molecule has 0 spiro atoms. The fraction of sp³-hybridized carbons (Fsp3) is 0.538. The van der Waals surface area contributed by atoms with Crippen LogP contribution in [-0.2, 0) is 14.8 Å². The van der Waals surface area contributed by atoms with Gasteiger partial charge < -0.3 is 10.1 Å². The quantitative estimate of drug-likeness (QED) is 0.791. The Hall–Kier alpha value is -0.950. The number of rotatable bonds is 7. The molecule has 6 heteroatoms. The molecule has 0 saturated carbocycles. The third-order valence-electron chi connectivity index (χ3n) is 2.91. The van der Waals surface area contributed by atoms with Gasteiger partial charge in [0.2, 0.25) is 10.0 Å². The summed E-state index contributed by atoms with van der Waals surface area (Å²) in [7, 11) is -1.97. The molecule has 1 aromatic rings. The lowest BCUT2D eigenvalue weighted by Crippen LogP contribution is -2.26. The zero-order valence-corrected chi connectivity index (χ0v) is 12.4. The van der Waals surface area contributed by atoms with Crippen LogP contribution in [0.2, 0.25) is 0 Å². The molecule has 0 bridgehead atoms. The molecule has 0 aliphatic heterocycles. The van der Waals surface area contributed by atoms with Crippen LogP contribution in [0.25, 0.3) is 0 Å². The second-order valence-electron chi connectivity index (χ2n) is 4.81. The van der Waals surface area contributed by atoms with Crippen molar-refractivity contribution in [3.63, 3.8) is 0 Å². The molecule has 1 rings (SSSR count). The predicted molar refractivity (Wildman–Crippen MR) is 75.3 cm³/mol. The Bertz CT molecular complexity index is 502. The Balaban J connectivity index is 2.70. The highest BCUT2D eigenvalue weighted by Crippen LogP contribution is 2.16. The largest absolute Gasteiger partial charge is 0.384 e. The molecule has 0 radical (unpaired) electrons. The average Bonchev–Trinajstić information content (AvgIpc) is 2.35. The van der Waals surface area contributed by atoms with Gasteiger partial charge in [-0.1, -0.05) is 19.1 Å². The van der Waals surface area contributed by atoms with E-state index in [4.69, 9.17) is 9.88 Å². The van der Waals surface area contributed by atoms with Crippen molar-refractivity contribution in [1.82, 2.24) is 5.32 Å². The number of nitrogens with one attached hydrogen (secondary N) is 1. The van der Waals surface area contributed by atoms with Gasteiger partial charge in [0.15, 0.2) is 0 Å². The van der Waals surface area contributed by atoms with Crippen molar-refractivity contribution in [2.24, 2.45) is 11.1 Å². The molecule has 0 saturated heterocycles. The minimum atomic E-state index is -3.65. The molecule has 5 nitrogen and oxygen atoms in total. The molecule has 0 fully saturated rings. The van der Waals surface area contributed by atoms with Crippen LogP contribution in [0.15, 0.2) is 29.2 Å². The molecular weight excluding hydrogens is 264 g/mol. The lowest BCUT2D eigenvalue weighted by atomic mass is 10.1. The van der Waals surface area contributed by atoms with E-state index in [2.05, 4.69) is 12.2 Å². The van der Waals surface area contributed by atoms with Crippen molar-refractivity contribution >= 4 is 10.0 Å². The number of hydrogen-bond donors (Lipinski definition) is 2. The highest BCUT2D eigenvalue weighted by Gasteiger charge is 2.12. The van der Waals surface area contributed by atoms with E-state index in [1.165, 1.54) is 6.07 Å². The van der Waals surface area contributed by atoms with E-state index >= 15 is 0 Å². The third kappa shape index (κ3) is 5.28. The molecule has 0 heterocycles. The lowest BCUT2D eigenvalue weighted by Gasteiger charge is -2.18. The summed E-state index contributed by atoms with van der Waals surface area (Å²) in [5.74, 6) is 0.397. The van der Waals surface area contributed by atoms with Crippen molar-refractivity contribution in [2.45, 2.75) is 24.8 Å². The van der Waals surface area contributed by atoms with E-state index < -0.39 is 10.0 Å². The van der Waals surface area contributed by atoms with Crippen molar-refractivity contribution < 1.29 is 13.2 Å². The number of sulfonamides is 1. The van der Waals surface area contributed by atoms with E-state index in [1.807, 2.05) is 13.0 Å². The minimum absolute atomic E-state index is 0.0565. The van der Waals surface area contributed by atoms with Crippen LogP contribution in [0.1, 0.15) is 25.5 Å².